The quantitative estimate of drug-likeness (QED) is 0.677. The predicted octanol–water partition coefficient (Wildman–Crippen LogP) is -0.0419. The second-order valence-electron chi connectivity index (χ2n) is 3.40. The van der Waals surface area contributed by atoms with Gasteiger partial charge in [0.25, 0.3) is 5.91 Å². The van der Waals surface area contributed by atoms with Crippen LogP contribution < -0.4 is 0 Å². The van der Waals surface area contributed by atoms with Gasteiger partial charge < -0.3 is 20.2 Å². The van der Waals surface area contributed by atoms with Crippen LogP contribution in [0, 0.1) is 5.82 Å². The van der Waals surface area contributed by atoms with Gasteiger partial charge in [-0.2, -0.15) is 0 Å². The molecule has 1 rings (SSSR count). The van der Waals surface area contributed by atoms with E-state index in [9.17, 15) is 14.3 Å². The van der Waals surface area contributed by atoms with Crippen molar-refractivity contribution in [3.05, 3.63) is 29.6 Å². The smallest absolute Gasteiger partial charge is 0.257 e. The molecule has 3 N–H and O–H groups in total. The van der Waals surface area contributed by atoms with E-state index in [-0.39, 0.29) is 37.6 Å². The van der Waals surface area contributed by atoms with E-state index in [1.807, 2.05) is 0 Å². The summed E-state index contributed by atoms with van der Waals surface area (Å²) in [5.74, 6) is -1.61. The lowest BCUT2D eigenvalue weighted by atomic mass is 10.1. The van der Waals surface area contributed by atoms with Crippen LogP contribution in [0.25, 0.3) is 0 Å². The topological polar surface area (TPSA) is 81.0 Å². The summed E-state index contributed by atoms with van der Waals surface area (Å²) in [5.41, 5.74) is -0.188. The predicted molar refractivity (Wildman–Crippen MR) is 58.1 cm³/mol. The first-order valence-electron chi connectivity index (χ1n) is 5.09. The first-order valence-corrected chi connectivity index (χ1v) is 5.09. The summed E-state index contributed by atoms with van der Waals surface area (Å²) in [6.07, 6.45) is 0. The van der Waals surface area contributed by atoms with Gasteiger partial charge >= 0.3 is 0 Å². The Morgan fingerprint density at radius 3 is 2.35 bits per heavy atom. The van der Waals surface area contributed by atoms with E-state index in [1.165, 1.54) is 0 Å². The second kappa shape index (κ2) is 6.17. The number of phenolic OH excluding ortho intramolecular Hbond substituents is 1. The van der Waals surface area contributed by atoms with Crippen LogP contribution in [0.5, 0.6) is 5.75 Å². The summed E-state index contributed by atoms with van der Waals surface area (Å²) in [4.78, 5) is 13.0. The SMILES string of the molecule is O=C(c1cc(F)ccc1O)N(CCO)CCO. The van der Waals surface area contributed by atoms with Crippen LogP contribution in [-0.2, 0) is 0 Å². The summed E-state index contributed by atoms with van der Waals surface area (Å²) in [7, 11) is 0. The van der Waals surface area contributed by atoms with Crippen LogP contribution in [0.4, 0.5) is 4.39 Å². The molecule has 0 saturated carbocycles. The Morgan fingerprint density at radius 1 is 1.24 bits per heavy atom. The number of rotatable bonds is 5. The van der Waals surface area contributed by atoms with E-state index in [0.717, 1.165) is 23.1 Å². The van der Waals surface area contributed by atoms with Crippen molar-refractivity contribution in [2.24, 2.45) is 0 Å². The van der Waals surface area contributed by atoms with Crippen molar-refractivity contribution in [1.82, 2.24) is 4.90 Å². The van der Waals surface area contributed by atoms with Crippen molar-refractivity contribution in [2.75, 3.05) is 26.3 Å². The molecule has 1 amide bonds. The van der Waals surface area contributed by atoms with E-state index in [0.29, 0.717) is 0 Å². The molecule has 0 saturated heterocycles. The molecule has 0 spiro atoms. The van der Waals surface area contributed by atoms with Crippen LogP contribution >= 0.6 is 0 Å². The number of aromatic hydroxyl groups is 1. The van der Waals surface area contributed by atoms with Gasteiger partial charge in [-0.3, -0.25) is 4.79 Å². The number of hydrogen-bond donors (Lipinski definition) is 3. The van der Waals surface area contributed by atoms with Gasteiger partial charge in [0.05, 0.1) is 18.8 Å². The van der Waals surface area contributed by atoms with Gasteiger partial charge in [0.15, 0.2) is 0 Å². The minimum absolute atomic E-state index is 0.00927. The summed E-state index contributed by atoms with van der Waals surface area (Å²) in [6, 6.07) is 3.03. The largest absolute Gasteiger partial charge is 0.507 e. The third-order valence-electron chi connectivity index (χ3n) is 2.22. The van der Waals surface area contributed by atoms with Crippen molar-refractivity contribution in [1.29, 1.82) is 0 Å². The van der Waals surface area contributed by atoms with Gasteiger partial charge in [-0.1, -0.05) is 0 Å². The molecular formula is C11H14FNO4. The molecule has 0 fully saturated rings. The van der Waals surface area contributed by atoms with Crippen molar-refractivity contribution < 1.29 is 24.5 Å². The van der Waals surface area contributed by atoms with E-state index in [2.05, 4.69) is 0 Å². The molecule has 6 heteroatoms. The van der Waals surface area contributed by atoms with Crippen LogP contribution in [-0.4, -0.2) is 52.4 Å². The number of halogens is 1. The molecule has 1 aromatic carbocycles. The third kappa shape index (κ3) is 3.40. The maximum absolute atomic E-state index is 13.0. The minimum atomic E-state index is -0.640. The van der Waals surface area contributed by atoms with Crippen LogP contribution in [0.3, 0.4) is 0 Å². The number of nitrogens with zero attached hydrogens (tertiary/aromatic N) is 1. The molecule has 0 heterocycles. The molecule has 94 valence electrons. The highest BCUT2D eigenvalue weighted by Crippen LogP contribution is 2.19. The molecule has 5 nitrogen and oxygen atoms in total. The molecule has 17 heavy (non-hydrogen) atoms. The Morgan fingerprint density at radius 2 is 1.82 bits per heavy atom. The maximum atomic E-state index is 13.0. The highest BCUT2D eigenvalue weighted by Gasteiger charge is 2.18. The Kier molecular flexibility index (Phi) is 4.86. The third-order valence-corrected chi connectivity index (χ3v) is 2.22. The van der Waals surface area contributed by atoms with Crippen LogP contribution in [0.1, 0.15) is 10.4 Å². The maximum Gasteiger partial charge on any atom is 0.257 e. The van der Waals surface area contributed by atoms with Gasteiger partial charge in [0.1, 0.15) is 11.6 Å². The fraction of sp³-hybridized carbons (Fsp3) is 0.364. The van der Waals surface area contributed by atoms with Crippen LogP contribution in [0.2, 0.25) is 0 Å². The van der Waals surface area contributed by atoms with Crippen molar-refractivity contribution in [3.8, 4) is 5.75 Å². The minimum Gasteiger partial charge on any atom is -0.507 e. The van der Waals surface area contributed by atoms with E-state index in [1.54, 1.807) is 0 Å². The highest BCUT2D eigenvalue weighted by molar-refractivity contribution is 5.96. The number of hydrogen-bond acceptors (Lipinski definition) is 4. The number of aliphatic hydroxyl groups is 2. The molecule has 0 atom stereocenters. The van der Waals surface area contributed by atoms with E-state index < -0.39 is 11.7 Å². The molecule has 0 aliphatic heterocycles. The molecule has 0 bridgehead atoms. The summed E-state index contributed by atoms with van der Waals surface area (Å²) in [6.45, 7) is -0.533. The zero-order valence-electron chi connectivity index (χ0n) is 9.14. The molecule has 0 aromatic heterocycles. The molecule has 0 unspecified atom stereocenters. The first kappa shape index (κ1) is 13.4. The number of carbonyl (C=O) groups excluding carboxylic acids is 1. The summed E-state index contributed by atoms with van der Waals surface area (Å²) >= 11 is 0. The Bertz CT molecular complexity index is 391. The fourth-order valence-electron chi connectivity index (χ4n) is 1.41. The fourth-order valence-corrected chi connectivity index (χ4v) is 1.41. The van der Waals surface area contributed by atoms with Crippen LogP contribution in [0.15, 0.2) is 18.2 Å². The zero-order valence-corrected chi connectivity index (χ0v) is 9.14. The van der Waals surface area contributed by atoms with Gasteiger partial charge in [0.2, 0.25) is 0 Å². The lowest BCUT2D eigenvalue weighted by molar-refractivity contribution is 0.0681. The van der Waals surface area contributed by atoms with Gasteiger partial charge in [0, 0.05) is 13.1 Å². The lowest BCUT2D eigenvalue weighted by Gasteiger charge is -2.21. The molecule has 0 radical (unpaired) electrons. The van der Waals surface area contributed by atoms with Crippen molar-refractivity contribution in [2.45, 2.75) is 0 Å². The number of benzene rings is 1. The normalized spacial score (nSPS) is 10.3. The molecular weight excluding hydrogens is 229 g/mol. The second-order valence-corrected chi connectivity index (χ2v) is 3.40. The van der Waals surface area contributed by atoms with E-state index >= 15 is 0 Å². The number of aliphatic hydroxyl groups excluding tert-OH is 2. The van der Waals surface area contributed by atoms with Gasteiger partial charge in [-0.25, -0.2) is 4.39 Å². The average Bonchev–Trinajstić information content (AvgIpc) is 2.31. The monoisotopic (exact) mass is 243 g/mol. The number of phenols is 1. The number of carbonyl (C=O) groups is 1. The van der Waals surface area contributed by atoms with Crippen molar-refractivity contribution >= 4 is 5.91 Å². The first-order chi connectivity index (χ1) is 8.10. The number of amides is 1. The molecule has 0 aliphatic rings. The van der Waals surface area contributed by atoms with Gasteiger partial charge in [-0.05, 0) is 18.2 Å². The standard InChI is InChI=1S/C11H14FNO4/c12-8-1-2-10(16)9(7-8)11(17)13(3-5-14)4-6-15/h1-2,7,14-16H,3-6H2. The lowest BCUT2D eigenvalue weighted by Crippen LogP contribution is -2.35. The summed E-state index contributed by atoms with van der Waals surface area (Å²) < 4.78 is 13.0. The van der Waals surface area contributed by atoms with Crippen molar-refractivity contribution in [3.63, 3.8) is 0 Å². The summed E-state index contributed by atoms with van der Waals surface area (Å²) in [5, 5.41) is 27.0. The Labute approximate surface area is 97.7 Å². The Hall–Kier alpha value is -1.66. The average molecular weight is 243 g/mol. The van der Waals surface area contributed by atoms with Gasteiger partial charge in [-0.15, -0.1) is 0 Å². The zero-order chi connectivity index (χ0) is 12.8. The molecule has 1 aromatic rings. The Balaban J connectivity index is 2.95. The highest BCUT2D eigenvalue weighted by atomic mass is 19.1. The van der Waals surface area contributed by atoms with E-state index in [4.69, 9.17) is 10.2 Å². The molecule has 0 aliphatic carbocycles.